The lowest BCUT2D eigenvalue weighted by atomic mass is 9.94. The lowest BCUT2D eigenvalue weighted by molar-refractivity contribution is -0.384. The maximum absolute atomic E-state index is 10.9. The van der Waals surface area contributed by atoms with E-state index in [-0.39, 0.29) is 16.7 Å². The summed E-state index contributed by atoms with van der Waals surface area (Å²) < 4.78 is 2.10. The Morgan fingerprint density at radius 1 is 1.03 bits per heavy atom. The highest BCUT2D eigenvalue weighted by Gasteiger charge is 2.33. The average molecular weight is 414 g/mol. The van der Waals surface area contributed by atoms with E-state index in [1.54, 1.807) is 12.1 Å². The first-order chi connectivity index (χ1) is 14.5. The predicted molar refractivity (Wildman–Crippen MR) is 114 cm³/mol. The van der Waals surface area contributed by atoms with Crippen LogP contribution in [0.5, 0.6) is 0 Å². The molecule has 1 aliphatic heterocycles. The van der Waals surface area contributed by atoms with Crippen LogP contribution in [-0.2, 0) is 0 Å². The molecular weight excluding hydrogens is 382 g/mol. The van der Waals surface area contributed by atoms with Crippen LogP contribution in [0.3, 0.4) is 0 Å². The molecule has 2 heterocycles. The lowest BCUT2D eigenvalue weighted by Crippen LogP contribution is -2.49. The molecule has 162 valence electrons. The monoisotopic (exact) mass is 413 g/mol. The van der Waals surface area contributed by atoms with E-state index >= 15 is 0 Å². The maximum Gasteiger partial charge on any atom is 0.269 e. The molecule has 0 spiro atoms. The third kappa shape index (κ3) is 4.30. The minimum atomic E-state index is -0.356. The van der Waals surface area contributed by atoms with Crippen molar-refractivity contribution in [3.8, 4) is 0 Å². The number of hydrogen-bond acceptors (Lipinski definition) is 7. The van der Waals surface area contributed by atoms with Gasteiger partial charge in [0.1, 0.15) is 0 Å². The van der Waals surface area contributed by atoms with Crippen LogP contribution in [0.25, 0.3) is 0 Å². The van der Waals surface area contributed by atoms with Crippen molar-refractivity contribution in [2.45, 2.75) is 58.0 Å². The number of rotatable bonds is 6. The minimum absolute atomic E-state index is 0.131. The first-order valence-electron chi connectivity index (χ1n) is 11.1. The number of nitro benzene ring substituents is 1. The standard InChI is InChI=1S/C21H31N7O2/c1-16(2)20(21-22-23-24-27(21)18-6-4-3-5-7-18)26-14-12-25(13-15-26)17-8-10-19(11-9-17)28(29)30/h8-11,16,18,20H,3-7,12-15H2,1-2H3. The average Bonchev–Trinajstić information content (AvgIpc) is 3.24. The Labute approximate surface area is 177 Å². The Morgan fingerprint density at radius 3 is 2.30 bits per heavy atom. The normalized spacial score (nSPS) is 19.9. The number of non-ortho nitro benzene ring substituents is 1. The molecule has 2 aliphatic rings. The molecule has 9 nitrogen and oxygen atoms in total. The number of nitro groups is 1. The molecule has 2 aromatic rings. The van der Waals surface area contributed by atoms with Gasteiger partial charge >= 0.3 is 0 Å². The summed E-state index contributed by atoms with van der Waals surface area (Å²) in [7, 11) is 0. The topological polar surface area (TPSA) is 93.2 Å². The molecule has 2 fully saturated rings. The summed E-state index contributed by atoms with van der Waals surface area (Å²) >= 11 is 0. The molecule has 1 aromatic heterocycles. The molecule has 0 radical (unpaired) electrons. The lowest BCUT2D eigenvalue weighted by Gasteiger charge is -2.41. The predicted octanol–water partition coefficient (Wildman–Crippen LogP) is 3.61. The molecule has 0 bridgehead atoms. The molecule has 0 amide bonds. The SMILES string of the molecule is CC(C)C(c1nnnn1C1CCCCC1)N1CCN(c2ccc([N+](=O)[O-])cc2)CC1. The number of hydrogen-bond donors (Lipinski definition) is 0. The van der Waals surface area contributed by atoms with Gasteiger partial charge in [0, 0.05) is 44.0 Å². The smallest absolute Gasteiger partial charge is 0.269 e. The first kappa shape index (κ1) is 20.7. The fraction of sp³-hybridized carbons (Fsp3) is 0.667. The largest absolute Gasteiger partial charge is 0.369 e. The second kappa shape index (κ2) is 9.07. The van der Waals surface area contributed by atoms with Gasteiger partial charge in [-0.25, -0.2) is 4.68 Å². The van der Waals surface area contributed by atoms with E-state index in [1.807, 2.05) is 12.1 Å². The third-order valence-electron chi connectivity index (χ3n) is 6.47. The van der Waals surface area contributed by atoms with Crippen LogP contribution in [0.1, 0.15) is 63.9 Å². The number of aromatic nitrogens is 4. The van der Waals surface area contributed by atoms with Crippen molar-refractivity contribution < 1.29 is 4.92 Å². The summed E-state index contributed by atoms with van der Waals surface area (Å²) in [5.41, 5.74) is 1.17. The van der Waals surface area contributed by atoms with Crippen LogP contribution < -0.4 is 4.90 Å². The van der Waals surface area contributed by atoms with Crippen molar-refractivity contribution in [3.63, 3.8) is 0 Å². The molecule has 1 saturated heterocycles. The van der Waals surface area contributed by atoms with Gasteiger partial charge < -0.3 is 4.90 Å². The molecule has 0 N–H and O–H groups in total. The summed E-state index contributed by atoms with van der Waals surface area (Å²) in [5.74, 6) is 1.41. The van der Waals surface area contributed by atoms with E-state index in [9.17, 15) is 10.1 Å². The second-order valence-electron chi connectivity index (χ2n) is 8.76. The van der Waals surface area contributed by atoms with Gasteiger partial charge in [0.25, 0.3) is 5.69 Å². The fourth-order valence-electron chi connectivity index (χ4n) is 4.91. The summed E-state index contributed by atoms with van der Waals surface area (Å²) in [6.07, 6.45) is 6.15. The fourth-order valence-corrected chi connectivity index (χ4v) is 4.91. The van der Waals surface area contributed by atoms with Crippen molar-refractivity contribution in [1.29, 1.82) is 0 Å². The van der Waals surface area contributed by atoms with Crippen LogP contribution in [0.4, 0.5) is 11.4 Å². The maximum atomic E-state index is 10.9. The van der Waals surface area contributed by atoms with Crippen LogP contribution in [0.15, 0.2) is 24.3 Å². The Balaban J connectivity index is 1.46. The van der Waals surface area contributed by atoms with Crippen LogP contribution >= 0.6 is 0 Å². The van der Waals surface area contributed by atoms with Gasteiger partial charge in [-0.3, -0.25) is 15.0 Å². The highest BCUT2D eigenvalue weighted by atomic mass is 16.6. The van der Waals surface area contributed by atoms with Crippen LogP contribution in [0.2, 0.25) is 0 Å². The highest BCUT2D eigenvalue weighted by molar-refractivity contribution is 5.51. The van der Waals surface area contributed by atoms with E-state index in [1.165, 1.54) is 19.3 Å². The zero-order valence-electron chi connectivity index (χ0n) is 17.9. The summed E-state index contributed by atoms with van der Waals surface area (Å²) in [6, 6.07) is 7.47. The molecular formula is C21H31N7O2. The molecule has 30 heavy (non-hydrogen) atoms. The number of anilines is 1. The van der Waals surface area contributed by atoms with Gasteiger partial charge in [0.05, 0.1) is 17.0 Å². The molecule has 4 rings (SSSR count). The van der Waals surface area contributed by atoms with Gasteiger partial charge in [-0.05, 0) is 41.3 Å². The number of tetrazole rings is 1. The van der Waals surface area contributed by atoms with E-state index in [0.717, 1.165) is 50.5 Å². The Hall–Kier alpha value is -2.55. The first-order valence-corrected chi connectivity index (χ1v) is 11.1. The van der Waals surface area contributed by atoms with Gasteiger partial charge in [-0.15, -0.1) is 5.10 Å². The van der Waals surface area contributed by atoms with Gasteiger partial charge in [0.15, 0.2) is 5.82 Å². The van der Waals surface area contributed by atoms with E-state index < -0.39 is 0 Å². The van der Waals surface area contributed by atoms with Gasteiger partial charge in [0.2, 0.25) is 0 Å². The van der Waals surface area contributed by atoms with Crippen molar-refractivity contribution in [2.75, 3.05) is 31.1 Å². The second-order valence-corrected chi connectivity index (χ2v) is 8.76. The Morgan fingerprint density at radius 2 is 1.70 bits per heavy atom. The van der Waals surface area contributed by atoms with E-state index in [2.05, 4.69) is 43.9 Å². The highest BCUT2D eigenvalue weighted by Crippen LogP contribution is 2.34. The van der Waals surface area contributed by atoms with Crippen molar-refractivity contribution in [3.05, 3.63) is 40.2 Å². The molecule has 1 aliphatic carbocycles. The zero-order valence-corrected chi connectivity index (χ0v) is 17.9. The van der Waals surface area contributed by atoms with Crippen LogP contribution in [0, 0.1) is 16.0 Å². The minimum Gasteiger partial charge on any atom is -0.369 e. The van der Waals surface area contributed by atoms with Crippen molar-refractivity contribution in [2.24, 2.45) is 5.92 Å². The number of benzene rings is 1. The van der Waals surface area contributed by atoms with Crippen molar-refractivity contribution >= 4 is 11.4 Å². The molecule has 1 atom stereocenters. The summed E-state index contributed by atoms with van der Waals surface area (Å²) in [6.45, 7) is 8.08. The zero-order chi connectivity index (χ0) is 21.1. The quantitative estimate of drug-likeness (QED) is 0.527. The summed E-state index contributed by atoms with van der Waals surface area (Å²) in [5, 5.41) is 23.8. The molecule has 1 aromatic carbocycles. The van der Waals surface area contributed by atoms with E-state index in [4.69, 9.17) is 0 Å². The Kier molecular flexibility index (Phi) is 6.26. The van der Waals surface area contributed by atoms with Gasteiger partial charge in [-0.2, -0.15) is 0 Å². The summed E-state index contributed by atoms with van der Waals surface area (Å²) in [4.78, 5) is 15.3. The molecule has 9 heteroatoms. The molecule has 1 saturated carbocycles. The van der Waals surface area contributed by atoms with E-state index in [0.29, 0.717) is 12.0 Å². The van der Waals surface area contributed by atoms with Gasteiger partial charge in [-0.1, -0.05) is 33.1 Å². The molecule has 1 unspecified atom stereocenters. The van der Waals surface area contributed by atoms with Crippen molar-refractivity contribution in [1.82, 2.24) is 25.1 Å². The third-order valence-corrected chi connectivity index (χ3v) is 6.47. The van der Waals surface area contributed by atoms with Crippen LogP contribution in [-0.4, -0.2) is 56.2 Å². The Bertz CT molecular complexity index is 837. The number of piperazine rings is 1. The number of nitrogens with zero attached hydrogens (tertiary/aromatic N) is 7.